The number of aromatic amines is 1. The van der Waals surface area contributed by atoms with Crippen molar-refractivity contribution < 1.29 is 9.59 Å². The second kappa shape index (κ2) is 6.06. The first-order valence-corrected chi connectivity index (χ1v) is 7.87. The molecule has 2 N–H and O–H groups in total. The molecular weight excluding hydrogens is 329 g/mol. The molecule has 1 aliphatic heterocycles. The highest BCUT2D eigenvalue weighted by atomic mass is 35.5. The molecule has 2 amide bonds. The molecule has 1 saturated heterocycles. The molecule has 122 valence electrons. The summed E-state index contributed by atoms with van der Waals surface area (Å²) in [5, 5.41) is 3.54. The molecule has 1 fully saturated rings. The molecule has 22 heavy (non-hydrogen) atoms. The van der Waals surface area contributed by atoms with Crippen LogP contribution in [0.4, 0.5) is 0 Å². The van der Waals surface area contributed by atoms with Crippen LogP contribution >= 0.6 is 23.2 Å². The molecule has 0 radical (unpaired) electrons. The van der Waals surface area contributed by atoms with Crippen LogP contribution in [-0.2, 0) is 15.4 Å². The number of nitrogens with zero attached hydrogens (tertiary/aromatic N) is 3. The van der Waals surface area contributed by atoms with Crippen LogP contribution < -0.4 is 5.32 Å². The van der Waals surface area contributed by atoms with Crippen LogP contribution in [0, 0.1) is 0 Å². The van der Waals surface area contributed by atoms with Gasteiger partial charge in [0.05, 0.1) is 0 Å². The first-order valence-electron chi connectivity index (χ1n) is 7.12. The van der Waals surface area contributed by atoms with Crippen LogP contribution in [0.5, 0.6) is 0 Å². The summed E-state index contributed by atoms with van der Waals surface area (Å²) in [6.45, 7) is 8.10. The maximum absolute atomic E-state index is 12.4. The van der Waals surface area contributed by atoms with Gasteiger partial charge in [0.25, 0.3) is 0 Å². The lowest BCUT2D eigenvalue weighted by Gasteiger charge is -2.42. The van der Waals surface area contributed by atoms with Gasteiger partial charge in [0.1, 0.15) is 5.15 Å². The van der Waals surface area contributed by atoms with Crippen LogP contribution in [-0.4, -0.2) is 50.7 Å². The highest BCUT2D eigenvalue weighted by Crippen LogP contribution is 2.36. The number of carbonyl (C=O) groups excluding carboxylic acids is 2. The summed E-state index contributed by atoms with van der Waals surface area (Å²) in [6.07, 6.45) is 0. The van der Waals surface area contributed by atoms with Gasteiger partial charge < -0.3 is 4.98 Å². The van der Waals surface area contributed by atoms with Crippen LogP contribution in [0.2, 0.25) is 10.3 Å². The lowest BCUT2D eigenvalue weighted by atomic mass is 10.2. The molecule has 2 heterocycles. The molecule has 0 bridgehead atoms. The van der Waals surface area contributed by atoms with E-state index in [0.29, 0.717) is 18.9 Å². The van der Waals surface area contributed by atoms with Crippen molar-refractivity contribution in [1.29, 1.82) is 0 Å². The first kappa shape index (κ1) is 17.1. The number of hydrogen-bond acceptors (Lipinski definition) is 4. The average molecular weight is 348 g/mol. The number of nitrogens with one attached hydrogen (secondary N) is 2. The monoisotopic (exact) mass is 347 g/mol. The molecular formula is C13H19Cl2N5O2. The number of carbonyl (C=O) groups is 2. The van der Waals surface area contributed by atoms with Crippen molar-refractivity contribution in [2.75, 3.05) is 13.1 Å². The second-order valence-electron chi connectivity index (χ2n) is 5.26. The Morgan fingerprint density at radius 3 is 2.00 bits per heavy atom. The number of amides is 2. The Bertz CT molecular complexity index is 560. The number of H-pyrrole nitrogens is 1. The molecule has 0 aromatic carbocycles. The van der Waals surface area contributed by atoms with E-state index in [1.54, 1.807) is 13.8 Å². The maximum atomic E-state index is 12.4. The minimum Gasteiger partial charge on any atom is -0.327 e. The summed E-state index contributed by atoms with van der Waals surface area (Å²) >= 11 is 11.9. The molecule has 0 spiro atoms. The highest BCUT2D eigenvalue weighted by molar-refractivity contribution is 6.40. The van der Waals surface area contributed by atoms with E-state index in [2.05, 4.69) is 15.3 Å². The summed E-state index contributed by atoms with van der Waals surface area (Å²) < 4.78 is 0. The van der Waals surface area contributed by atoms with Gasteiger partial charge in [0.2, 0.25) is 5.79 Å². The largest absolute Gasteiger partial charge is 0.327 e. The zero-order valence-electron chi connectivity index (χ0n) is 12.9. The Labute approximate surface area is 139 Å². The predicted octanol–water partition coefficient (Wildman–Crippen LogP) is 1.54. The van der Waals surface area contributed by atoms with Gasteiger partial charge in [-0.15, -0.1) is 0 Å². The lowest BCUT2D eigenvalue weighted by Crippen LogP contribution is -2.63. The van der Waals surface area contributed by atoms with Gasteiger partial charge in [0, 0.05) is 19.1 Å². The summed E-state index contributed by atoms with van der Waals surface area (Å²) in [6, 6.07) is -0.0237. The molecule has 1 aliphatic rings. The molecule has 1 aromatic rings. The van der Waals surface area contributed by atoms with Crippen molar-refractivity contribution in [2.24, 2.45) is 0 Å². The highest BCUT2D eigenvalue weighted by Gasteiger charge is 2.58. The molecule has 7 nitrogen and oxygen atoms in total. The Hall–Kier alpha value is -1.31. The van der Waals surface area contributed by atoms with Crippen molar-refractivity contribution in [3.05, 3.63) is 16.1 Å². The minimum absolute atomic E-state index is 0.0237. The summed E-state index contributed by atoms with van der Waals surface area (Å²) in [7, 11) is 0. The number of imidazole rings is 1. The standard InChI is InChI=1S/C13H19Cl2N5O2/c1-5-19-10(21)11(22)20(6-2)13(19,18-7(3)4)12-16-8(14)9(15)17-12/h7,18H,5-6H2,1-4H3,(H,16,17). The lowest BCUT2D eigenvalue weighted by molar-refractivity contribution is -0.143. The Morgan fingerprint density at radius 2 is 1.68 bits per heavy atom. The zero-order valence-corrected chi connectivity index (χ0v) is 14.4. The second-order valence-corrected chi connectivity index (χ2v) is 6.00. The van der Waals surface area contributed by atoms with Crippen LogP contribution in [0.25, 0.3) is 0 Å². The van der Waals surface area contributed by atoms with Crippen LogP contribution in [0.1, 0.15) is 33.5 Å². The number of halogens is 2. The topological polar surface area (TPSA) is 81.3 Å². The van der Waals surface area contributed by atoms with Crippen molar-refractivity contribution >= 4 is 35.0 Å². The third-order valence-electron chi connectivity index (χ3n) is 3.53. The van der Waals surface area contributed by atoms with E-state index < -0.39 is 17.6 Å². The quantitative estimate of drug-likeness (QED) is 0.791. The van der Waals surface area contributed by atoms with Crippen molar-refractivity contribution in [3.63, 3.8) is 0 Å². The first-order chi connectivity index (χ1) is 10.3. The van der Waals surface area contributed by atoms with Gasteiger partial charge in [-0.2, -0.15) is 0 Å². The predicted molar refractivity (Wildman–Crippen MR) is 83.3 cm³/mol. The van der Waals surface area contributed by atoms with Crippen LogP contribution in [0.3, 0.4) is 0 Å². The van der Waals surface area contributed by atoms with Crippen molar-refractivity contribution in [3.8, 4) is 0 Å². The van der Waals surface area contributed by atoms with Gasteiger partial charge >= 0.3 is 11.8 Å². The van der Waals surface area contributed by atoms with Gasteiger partial charge in [-0.1, -0.05) is 23.2 Å². The SMILES string of the molecule is CCN1C(=O)C(=O)N(CC)C1(NC(C)C)c1nc(Cl)c(Cl)[nH]1. The summed E-state index contributed by atoms with van der Waals surface area (Å²) in [4.78, 5) is 34.7. The molecule has 0 aliphatic carbocycles. The molecule has 0 unspecified atom stereocenters. The molecule has 0 atom stereocenters. The molecule has 2 rings (SSSR count). The Balaban J connectivity index is 2.69. The normalized spacial score (nSPS) is 18.0. The third-order valence-corrected chi connectivity index (χ3v) is 4.17. The van der Waals surface area contributed by atoms with Crippen molar-refractivity contribution in [1.82, 2.24) is 25.1 Å². The summed E-state index contributed by atoms with van der Waals surface area (Å²) in [5.74, 6) is -2.07. The van der Waals surface area contributed by atoms with E-state index in [1.165, 1.54) is 9.80 Å². The van der Waals surface area contributed by atoms with E-state index in [1.807, 2.05) is 13.8 Å². The molecule has 0 saturated carbocycles. The van der Waals surface area contributed by atoms with Gasteiger partial charge in [-0.05, 0) is 27.7 Å². The Kier molecular flexibility index (Phi) is 4.70. The van der Waals surface area contributed by atoms with Crippen LogP contribution in [0.15, 0.2) is 0 Å². The van der Waals surface area contributed by atoms with E-state index in [4.69, 9.17) is 23.2 Å². The fourth-order valence-corrected chi connectivity index (χ4v) is 3.06. The minimum atomic E-state index is -1.22. The Morgan fingerprint density at radius 1 is 1.18 bits per heavy atom. The number of aromatic nitrogens is 2. The molecule has 1 aromatic heterocycles. The smallest absolute Gasteiger partial charge is 0.315 e. The van der Waals surface area contributed by atoms with E-state index in [0.717, 1.165) is 0 Å². The van der Waals surface area contributed by atoms with E-state index in [-0.39, 0.29) is 16.3 Å². The van der Waals surface area contributed by atoms with Gasteiger partial charge in [-0.3, -0.25) is 24.7 Å². The number of rotatable bonds is 5. The average Bonchev–Trinajstić information content (AvgIpc) is 2.87. The fraction of sp³-hybridized carbons (Fsp3) is 0.615. The maximum Gasteiger partial charge on any atom is 0.315 e. The van der Waals surface area contributed by atoms with E-state index in [9.17, 15) is 9.59 Å². The van der Waals surface area contributed by atoms with Gasteiger partial charge in [0.15, 0.2) is 11.0 Å². The van der Waals surface area contributed by atoms with Crippen molar-refractivity contribution in [2.45, 2.75) is 39.5 Å². The number of hydrogen-bond donors (Lipinski definition) is 2. The number of likely N-dealkylation sites (N-methyl/N-ethyl adjacent to an activating group) is 2. The molecule has 9 heteroatoms. The van der Waals surface area contributed by atoms with E-state index >= 15 is 0 Å². The third kappa shape index (κ3) is 2.37. The fourth-order valence-electron chi connectivity index (χ4n) is 2.79. The zero-order chi connectivity index (χ0) is 16.7. The van der Waals surface area contributed by atoms with Gasteiger partial charge in [-0.25, -0.2) is 4.98 Å². The summed E-state index contributed by atoms with van der Waals surface area (Å²) in [5.41, 5.74) is 0.